The Morgan fingerprint density at radius 2 is 1.62 bits per heavy atom. The summed E-state index contributed by atoms with van der Waals surface area (Å²) >= 11 is 5.58. The van der Waals surface area contributed by atoms with Crippen LogP contribution >= 0.6 is 11.6 Å². The van der Waals surface area contributed by atoms with Crippen molar-refractivity contribution in [3.05, 3.63) is 67.5 Å². The zero-order chi connectivity index (χ0) is 18.1. The molecule has 0 radical (unpaired) electrons. The molecule has 2 rings (SSSR count). The standard InChI is InChI=1S/C12H6ClFN2O7S/c13-7-1-4-12(10(5-7)16(19)20)24(21,22)23-11-6-8(14)2-3-9(11)15(17)18/h1-6H. The number of hydrogen-bond acceptors (Lipinski definition) is 7. The average Bonchev–Trinajstić information content (AvgIpc) is 2.46. The predicted octanol–water partition coefficient (Wildman–Crippen LogP) is 3.06. The molecular formula is C12H6ClFN2O7S. The molecule has 0 aromatic heterocycles. The fourth-order valence-corrected chi connectivity index (χ4v) is 2.96. The van der Waals surface area contributed by atoms with Crippen molar-refractivity contribution in [3.63, 3.8) is 0 Å². The molecule has 0 amide bonds. The number of benzene rings is 2. The monoisotopic (exact) mass is 376 g/mol. The number of halogens is 2. The Labute approximate surface area is 138 Å². The fourth-order valence-electron chi connectivity index (χ4n) is 1.71. The summed E-state index contributed by atoms with van der Waals surface area (Å²) in [5, 5.41) is 21.7. The Kier molecular flexibility index (Phi) is 4.66. The van der Waals surface area contributed by atoms with Crippen LogP contribution in [0.5, 0.6) is 5.75 Å². The van der Waals surface area contributed by atoms with Crippen LogP contribution in [0, 0.1) is 26.0 Å². The molecule has 0 heterocycles. The maximum absolute atomic E-state index is 13.2. The van der Waals surface area contributed by atoms with Crippen LogP contribution in [0.2, 0.25) is 5.02 Å². The number of hydrogen-bond donors (Lipinski definition) is 0. The van der Waals surface area contributed by atoms with Crippen LogP contribution in [0.15, 0.2) is 41.3 Å². The van der Waals surface area contributed by atoms with Crippen molar-refractivity contribution >= 4 is 33.1 Å². The fraction of sp³-hybridized carbons (Fsp3) is 0. The van der Waals surface area contributed by atoms with Gasteiger partial charge in [0.15, 0.2) is 4.90 Å². The highest BCUT2D eigenvalue weighted by molar-refractivity contribution is 7.87. The third-order valence-electron chi connectivity index (χ3n) is 2.71. The van der Waals surface area contributed by atoms with Gasteiger partial charge in [-0.1, -0.05) is 11.6 Å². The lowest BCUT2D eigenvalue weighted by Gasteiger charge is -2.08. The smallest absolute Gasteiger partial charge is 0.346 e. The van der Waals surface area contributed by atoms with Crippen molar-refractivity contribution in [2.24, 2.45) is 0 Å². The molecule has 0 aliphatic carbocycles. The van der Waals surface area contributed by atoms with Crippen LogP contribution in [0.25, 0.3) is 0 Å². The Balaban J connectivity index is 2.57. The quantitative estimate of drug-likeness (QED) is 0.445. The van der Waals surface area contributed by atoms with Gasteiger partial charge < -0.3 is 4.18 Å². The number of nitro benzene ring substituents is 2. The van der Waals surface area contributed by atoms with E-state index in [9.17, 15) is 33.0 Å². The predicted molar refractivity (Wildman–Crippen MR) is 79.0 cm³/mol. The molecule has 12 heteroatoms. The van der Waals surface area contributed by atoms with Crippen molar-refractivity contribution in [1.82, 2.24) is 0 Å². The molecule has 126 valence electrons. The largest absolute Gasteiger partial charge is 0.371 e. The van der Waals surface area contributed by atoms with Gasteiger partial charge in [-0.15, -0.1) is 0 Å². The van der Waals surface area contributed by atoms with Gasteiger partial charge in [0.1, 0.15) is 5.82 Å². The van der Waals surface area contributed by atoms with Crippen molar-refractivity contribution in [3.8, 4) is 5.75 Å². The lowest BCUT2D eigenvalue weighted by Crippen LogP contribution is -2.13. The van der Waals surface area contributed by atoms with Crippen LogP contribution in [0.1, 0.15) is 0 Å². The van der Waals surface area contributed by atoms with E-state index in [1.54, 1.807) is 0 Å². The van der Waals surface area contributed by atoms with E-state index >= 15 is 0 Å². The molecule has 0 unspecified atom stereocenters. The molecule has 0 saturated heterocycles. The van der Waals surface area contributed by atoms with E-state index in [1.807, 2.05) is 0 Å². The van der Waals surface area contributed by atoms with Crippen molar-refractivity contribution in [2.75, 3.05) is 0 Å². The first-order valence-electron chi connectivity index (χ1n) is 5.94. The molecule has 0 N–H and O–H groups in total. The first kappa shape index (κ1) is 17.6. The van der Waals surface area contributed by atoms with Crippen LogP contribution in [0.4, 0.5) is 15.8 Å². The average molecular weight is 377 g/mol. The first-order valence-corrected chi connectivity index (χ1v) is 7.73. The lowest BCUT2D eigenvalue weighted by atomic mass is 10.3. The van der Waals surface area contributed by atoms with Gasteiger partial charge in [-0.3, -0.25) is 20.2 Å². The Hall–Kier alpha value is -2.79. The van der Waals surface area contributed by atoms with Gasteiger partial charge in [-0.25, -0.2) is 4.39 Å². The van der Waals surface area contributed by atoms with Gasteiger partial charge in [0, 0.05) is 23.2 Å². The second kappa shape index (κ2) is 6.37. The van der Waals surface area contributed by atoms with Crippen molar-refractivity contribution in [2.45, 2.75) is 4.90 Å². The van der Waals surface area contributed by atoms with E-state index < -0.39 is 47.8 Å². The van der Waals surface area contributed by atoms with Gasteiger partial charge in [0.2, 0.25) is 5.75 Å². The molecule has 0 spiro atoms. The minimum Gasteiger partial charge on any atom is -0.371 e. The third kappa shape index (κ3) is 3.58. The second-order valence-corrected chi connectivity index (χ2v) is 6.23. The van der Waals surface area contributed by atoms with Crippen LogP contribution in [-0.2, 0) is 10.1 Å². The second-order valence-electron chi connectivity index (χ2n) is 4.28. The molecular weight excluding hydrogens is 371 g/mol. The van der Waals surface area contributed by atoms with Crippen LogP contribution < -0.4 is 4.18 Å². The summed E-state index contributed by atoms with van der Waals surface area (Å²) in [5.74, 6) is -1.90. The highest BCUT2D eigenvalue weighted by Crippen LogP contribution is 2.33. The molecule has 2 aromatic carbocycles. The van der Waals surface area contributed by atoms with Crippen molar-refractivity contribution in [1.29, 1.82) is 0 Å². The lowest BCUT2D eigenvalue weighted by molar-refractivity contribution is -0.388. The van der Waals surface area contributed by atoms with E-state index in [2.05, 4.69) is 4.18 Å². The highest BCUT2D eigenvalue weighted by atomic mass is 35.5. The first-order chi connectivity index (χ1) is 11.1. The van der Waals surface area contributed by atoms with E-state index in [0.29, 0.717) is 12.1 Å². The number of nitro groups is 2. The minimum absolute atomic E-state index is 0.0996. The van der Waals surface area contributed by atoms with E-state index in [1.165, 1.54) is 0 Å². The maximum Gasteiger partial charge on any atom is 0.346 e. The van der Waals surface area contributed by atoms with Crippen LogP contribution in [0.3, 0.4) is 0 Å². The summed E-state index contributed by atoms with van der Waals surface area (Å²) in [6.45, 7) is 0. The van der Waals surface area contributed by atoms with E-state index in [4.69, 9.17) is 11.6 Å². The molecule has 0 atom stereocenters. The summed E-state index contributed by atoms with van der Waals surface area (Å²) in [6.07, 6.45) is 0. The normalized spacial score (nSPS) is 11.1. The molecule has 2 aromatic rings. The Morgan fingerprint density at radius 3 is 2.21 bits per heavy atom. The molecule has 0 aliphatic heterocycles. The van der Waals surface area contributed by atoms with Crippen molar-refractivity contribution < 1.29 is 26.8 Å². The molecule has 0 saturated carbocycles. The SMILES string of the molecule is O=[N+]([O-])c1ccc(F)cc1OS(=O)(=O)c1ccc(Cl)cc1[N+](=O)[O-]. The van der Waals surface area contributed by atoms with Gasteiger partial charge in [0.25, 0.3) is 5.69 Å². The molecule has 0 aliphatic rings. The summed E-state index contributed by atoms with van der Waals surface area (Å²) in [4.78, 5) is 18.9. The summed E-state index contributed by atoms with van der Waals surface area (Å²) < 4.78 is 42.2. The highest BCUT2D eigenvalue weighted by Gasteiger charge is 2.30. The molecule has 0 bridgehead atoms. The van der Waals surface area contributed by atoms with Gasteiger partial charge in [0.05, 0.1) is 9.85 Å². The zero-order valence-electron chi connectivity index (χ0n) is 11.4. The Bertz CT molecular complexity index is 948. The van der Waals surface area contributed by atoms with Gasteiger partial charge >= 0.3 is 15.8 Å². The number of rotatable bonds is 5. The van der Waals surface area contributed by atoms with Gasteiger partial charge in [-0.2, -0.15) is 8.42 Å². The minimum atomic E-state index is -4.85. The molecule has 0 fully saturated rings. The van der Waals surface area contributed by atoms with E-state index in [-0.39, 0.29) is 5.02 Å². The molecule has 9 nitrogen and oxygen atoms in total. The molecule has 24 heavy (non-hydrogen) atoms. The zero-order valence-corrected chi connectivity index (χ0v) is 13.0. The topological polar surface area (TPSA) is 130 Å². The van der Waals surface area contributed by atoms with E-state index in [0.717, 1.165) is 24.3 Å². The Morgan fingerprint density at radius 1 is 1.00 bits per heavy atom. The summed E-state index contributed by atoms with van der Waals surface area (Å²) in [7, 11) is -4.85. The number of nitrogens with zero attached hydrogens (tertiary/aromatic N) is 2. The summed E-state index contributed by atoms with van der Waals surface area (Å²) in [6, 6.07) is 4.57. The van der Waals surface area contributed by atoms with Gasteiger partial charge in [-0.05, 0) is 18.2 Å². The summed E-state index contributed by atoms with van der Waals surface area (Å²) in [5.41, 5.74) is -1.71. The maximum atomic E-state index is 13.2. The van der Waals surface area contributed by atoms with Crippen LogP contribution in [-0.4, -0.2) is 18.3 Å². The third-order valence-corrected chi connectivity index (χ3v) is 4.22.